The minimum atomic E-state index is -1.96. The van der Waals surface area contributed by atoms with Crippen LogP contribution in [0.1, 0.15) is 96.5 Å². The number of amides is 8. The molecule has 1 aromatic carbocycles. The molecule has 0 bridgehead atoms. The van der Waals surface area contributed by atoms with Gasteiger partial charge in [0.05, 0.1) is 6.42 Å². The summed E-state index contributed by atoms with van der Waals surface area (Å²) in [6.45, 7) is 3.59. The van der Waals surface area contributed by atoms with Crippen LogP contribution in [-0.4, -0.2) is 152 Å². The number of phenolic OH excluding ortho intramolecular Hbond substituents is 1. The number of unbranched alkanes of at least 4 members (excludes halogenated alkanes) is 1. The highest BCUT2D eigenvalue weighted by Crippen LogP contribution is 2.21. The maximum absolute atomic E-state index is 14.3. The minimum Gasteiger partial charge on any atom is -0.508 e. The Morgan fingerprint density at radius 2 is 1.29 bits per heavy atom. The molecule has 0 unspecified atom stereocenters. The van der Waals surface area contributed by atoms with Crippen molar-refractivity contribution in [2.45, 2.75) is 146 Å². The van der Waals surface area contributed by atoms with E-state index in [1.54, 1.807) is 13.8 Å². The van der Waals surface area contributed by atoms with Crippen LogP contribution in [0, 0.1) is 18.3 Å². The minimum absolute atomic E-state index is 0.0138. The van der Waals surface area contributed by atoms with Crippen molar-refractivity contribution in [2.75, 3.05) is 13.1 Å². The molecule has 394 valence electrons. The molecule has 2 rings (SSSR count). The molecule has 1 saturated heterocycles. The van der Waals surface area contributed by atoms with Crippen LogP contribution in [0.2, 0.25) is 0 Å². The van der Waals surface area contributed by atoms with Gasteiger partial charge in [-0.05, 0) is 80.6 Å². The summed E-state index contributed by atoms with van der Waals surface area (Å²) < 4.78 is 0. The average molecular weight is 1010 g/mol. The number of azide groups is 1. The third kappa shape index (κ3) is 20.9. The van der Waals surface area contributed by atoms with Crippen molar-refractivity contribution in [1.82, 2.24) is 36.8 Å². The van der Waals surface area contributed by atoms with Gasteiger partial charge < -0.3 is 68.7 Å². The predicted molar refractivity (Wildman–Crippen MR) is 252 cm³/mol. The zero-order valence-corrected chi connectivity index (χ0v) is 39.9. The van der Waals surface area contributed by atoms with E-state index >= 15 is 0 Å². The van der Waals surface area contributed by atoms with Gasteiger partial charge >= 0.3 is 17.9 Å². The fourth-order valence-electron chi connectivity index (χ4n) is 7.48. The number of carboxylic acid groups (broad SMARTS) is 3. The van der Waals surface area contributed by atoms with Gasteiger partial charge in [-0.1, -0.05) is 37.5 Å². The van der Waals surface area contributed by atoms with Crippen LogP contribution in [-0.2, 0) is 59.2 Å². The molecule has 1 aliphatic rings. The molecular formula is C45H64N12O15. The molecule has 72 heavy (non-hydrogen) atoms. The molecule has 14 N–H and O–H groups in total. The highest BCUT2D eigenvalue weighted by molar-refractivity contribution is 5.99. The van der Waals surface area contributed by atoms with Gasteiger partial charge in [0.1, 0.15) is 54.1 Å². The maximum Gasteiger partial charge on any atom is 0.305 e. The van der Waals surface area contributed by atoms with E-state index in [0.29, 0.717) is 18.4 Å². The summed E-state index contributed by atoms with van der Waals surface area (Å²) in [6.07, 6.45) is 2.32. The Morgan fingerprint density at radius 1 is 0.750 bits per heavy atom. The summed E-state index contributed by atoms with van der Waals surface area (Å²) >= 11 is 0. The average Bonchev–Trinajstić information content (AvgIpc) is 3.81. The number of nitrogens with zero attached hydrogens (tertiary/aromatic N) is 4. The number of aliphatic carboxylic acids is 3. The Kier molecular flexibility index (Phi) is 25.6. The van der Waals surface area contributed by atoms with Gasteiger partial charge in [-0.3, -0.25) is 52.7 Å². The van der Waals surface area contributed by atoms with E-state index in [1.165, 1.54) is 24.3 Å². The molecule has 1 heterocycles. The Hall–Kier alpha value is -7.98. The zero-order chi connectivity index (χ0) is 54.1. The van der Waals surface area contributed by atoms with Gasteiger partial charge in [0, 0.05) is 37.1 Å². The van der Waals surface area contributed by atoms with Crippen LogP contribution in [0.3, 0.4) is 0 Å². The SMILES string of the molecule is C#CC[C@H](NC(=O)[C@H](CCC(=O)O)NC(=O)[C@H](CC(C)C)NC(=O)[C@@H]1CCCN1C(=O)[C@H](CCC(=O)O)NC(=O)[C@H](CC(=O)O)NC(=O)[C@H](Cc1ccc(O)cc1)NC(=O)[C@H](CCCCN)N=[N+]=[N-])C(N)=O. The van der Waals surface area contributed by atoms with Crippen LogP contribution < -0.4 is 43.4 Å². The smallest absolute Gasteiger partial charge is 0.305 e. The number of carbonyl (C=O) groups is 11. The molecule has 0 saturated carbocycles. The molecule has 0 spiro atoms. The first-order chi connectivity index (χ1) is 34.0. The van der Waals surface area contributed by atoms with E-state index in [4.69, 9.17) is 23.4 Å². The molecule has 1 aliphatic heterocycles. The molecule has 1 fully saturated rings. The first-order valence-corrected chi connectivity index (χ1v) is 23.0. The van der Waals surface area contributed by atoms with Gasteiger partial charge in [-0.15, -0.1) is 12.3 Å². The Bertz CT molecular complexity index is 2210. The number of phenols is 1. The molecule has 27 nitrogen and oxygen atoms in total. The second-order valence-corrected chi connectivity index (χ2v) is 17.3. The third-order valence-electron chi connectivity index (χ3n) is 11.1. The number of primary amides is 1. The van der Waals surface area contributed by atoms with Gasteiger partial charge in [-0.2, -0.15) is 0 Å². The van der Waals surface area contributed by atoms with E-state index in [2.05, 4.69) is 47.8 Å². The van der Waals surface area contributed by atoms with Gasteiger partial charge in [0.25, 0.3) is 0 Å². The second-order valence-electron chi connectivity index (χ2n) is 17.3. The largest absolute Gasteiger partial charge is 0.508 e. The quantitative estimate of drug-likeness (QED) is 0.0127. The Labute approximate surface area is 413 Å². The van der Waals surface area contributed by atoms with Gasteiger partial charge in [0.2, 0.25) is 47.3 Å². The lowest BCUT2D eigenvalue weighted by molar-refractivity contribution is -0.144. The maximum atomic E-state index is 14.3. The molecule has 0 aromatic heterocycles. The van der Waals surface area contributed by atoms with Gasteiger partial charge in [0.15, 0.2) is 0 Å². The van der Waals surface area contributed by atoms with Crippen molar-refractivity contribution in [2.24, 2.45) is 22.5 Å². The summed E-state index contributed by atoms with van der Waals surface area (Å²) in [4.78, 5) is 147. The van der Waals surface area contributed by atoms with Crippen molar-refractivity contribution >= 4 is 65.2 Å². The molecule has 0 radical (unpaired) electrons. The fraction of sp³-hybridized carbons (Fsp3) is 0.578. The van der Waals surface area contributed by atoms with Gasteiger partial charge in [-0.25, -0.2) is 0 Å². The van der Waals surface area contributed by atoms with Crippen LogP contribution in [0.4, 0.5) is 0 Å². The van der Waals surface area contributed by atoms with E-state index < -0.39 is 146 Å². The summed E-state index contributed by atoms with van der Waals surface area (Å²) in [5, 5.41) is 56.3. The number of hydrogen-bond donors (Lipinski definition) is 12. The predicted octanol–water partition coefficient (Wildman–Crippen LogP) is -1.60. The molecule has 27 heteroatoms. The number of terminal acetylenes is 1. The van der Waals surface area contributed by atoms with Crippen LogP contribution in [0.5, 0.6) is 5.75 Å². The number of likely N-dealkylation sites (tertiary alicyclic amines) is 1. The molecular weight excluding hydrogens is 949 g/mol. The summed E-state index contributed by atoms with van der Waals surface area (Å²) in [7, 11) is 0. The number of rotatable bonds is 32. The second kappa shape index (κ2) is 30.6. The van der Waals surface area contributed by atoms with Crippen LogP contribution in [0.15, 0.2) is 29.4 Å². The number of nitrogens with one attached hydrogen (secondary N) is 6. The van der Waals surface area contributed by atoms with Crippen molar-refractivity contribution in [1.29, 1.82) is 0 Å². The molecule has 1 aromatic rings. The van der Waals surface area contributed by atoms with Crippen LogP contribution in [0.25, 0.3) is 10.4 Å². The Balaban J connectivity index is 2.43. The van der Waals surface area contributed by atoms with Crippen molar-refractivity contribution in [3.05, 3.63) is 40.3 Å². The summed E-state index contributed by atoms with van der Waals surface area (Å²) in [6, 6.07) is -6.71. The van der Waals surface area contributed by atoms with Crippen molar-refractivity contribution < 1.29 is 73.2 Å². The van der Waals surface area contributed by atoms with E-state index in [-0.39, 0.29) is 63.3 Å². The summed E-state index contributed by atoms with van der Waals surface area (Å²) in [5.41, 5.74) is 20.4. The molecule has 8 amide bonds. The van der Waals surface area contributed by atoms with E-state index in [9.17, 15) is 73.2 Å². The standard InChI is InChI=1S/C45H64N12O15/c1-4-8-27(38(47)65)49-39(66)28(15-17-35(59)60)50-41(68)31(21-24(2)3)54-44(71)34-10-7-20-57(34)45(72)30(16-18-36(61)62)51-43(70)33(23-37(63)64)53-42(69)32(22-25-11-13-26(58)14-12-25)52-40(67)29(55-56-48)9-5-6-19-46/h1,11-14,24,27-34,58H,5-10,15-23,46H2,2-3H3,(H2,47,65)(H,49,66)(H,50,68)(H,51,70)(H,52,67)(H,53,69)(H,54,71)(H,59,60)(H,61,62)(H,63,64)/t27-,28-,29-,30-,31-,32-,33-,34-/m0/s1. The number of benzene rings is 1. The van der Waals surface area contributed by atoms with E-state index in [1.807, 2.05) is 0 Å². The van der Waals surface area contributed by atoms with Crippen molar-refractivity contribution in [3.8, 4) is 18.1 Å². The van der Waals surface area contributed by atoms with Crippen molar-refractivity contribution in [3.63, 3.8) is 0 Å². The Morgan fingerprint density at radius 3 is 1.85 bits per heavy atom. The highest BCUT2D eigenvalue weighted by atomic mass is 16.4. The molecule has 0 aliphatic carbocycles. The first kappa shape index (κ1) is 60.1. The number of hydrogen-bond acceptors (Lipinski definition) is 14. The highest BCUT2D eigenvalue weighted by Gasteiger charge is 2.41. The monoisotopic (exact) mass is 1010 g/mol. The number of nitrogens with two attached hydrogens (primary N) is 2. The third-order valence-corrected chi connectivity index (χ3v) is 11.1. The normalized spacial score (nSPS) is 15.8. The van der Waals surface area contributed by atoms with E-state index in [0.717, 1.165) is 4.90 Å². The topological polar surface area (TPSA) is 445 Å². The number of carbonyl (C=O) groups excluding carboxylic acids is 8. The molecule has 8 atom stereocenters. The number of carboxylic acids is 3. The zero-order valence-electron chi connectivity index (χ0n) is 39.9. The lowest BCUT2D eigenvalue weighted by Crippen LogP contribution is -2.60. The lowest BCUT2D eigenvalue weighted by atomic mass is 10.0. The van der Waals surface area contributed by atoms with Crippen LogP contribution >= 0.6 is 0 Å². The first-order valence-electron chi connectivity index (χ1n) is 23.0. The lowest BCUT2D eigenvalue weighted by Gasteiger charge is -2.31. The summed E-state index contributed by atoms with van der Waals surface area (Å²) in [5.74, 6) is -10.6. The fourth-order valence-corrected chi connectivity index (χ4v) is 7.48. The number of aromatic hydroxyl groups is 1.